The topological polar surface area (TPSA) is 130 Å². The van der Waals surface area contributed by atoms with E-state index in [0.717, 1.165) is 99.0 Å². The Morgan fingerprint density at radius 1 is 0.950 bits per heavy atom. The molecule has 5 aliphatic heterocycles. The van der Waals surface area contributed by atoms with Crippen LogP contribution in [0, 0.1) is 5.92 Å². The third-order valence-corrected chi connectivity index (χ3v) is 13.6. The second-order valence-corrected chi connectivity index (χ2v) is 18.2. The van der Waals surface area contributed by atoms with Gasteiger partial charge in [0.25, 0.3) is 5.91 Å². The van der Waals surface area contributed by atoms with Crippen molar-refractivity contribution in [3.05, 3.63) is 76.7 Å². The van der Waals surface area contributed by atoms with Gasteiger partial charge in [-0.15, -0.1) is 0 Å². The lowest BCUT2D eigenvalue weighted by Crippen LogP contribution is -2.52. The number of rotatable bonds is 11. The molecule has 0 bridgehead atoms. The molecule has 0 aliphatic carbocycles. The Bertz CT molecular complexity index is 2240. The number of nitrogens with zero attached hydrogens (tertiary/aromatic N) is 7. The quantitative estimate of drug-likeness (QED) is 0.184. The lowest BCUT2D eigenvalue weighted by atomic mass is 9.88. The number of imide groups is 1. The molecule has 0 spiro atoms. The van der Waals surface area contributed by atoms with Crippen molar-refractivity contribution in [2.24, 2.45) is 5.92 Å². The summed E-state index contributed by atoms with van der Waals surface area (Å²) >= 11 is 0. The monoisotopic (exact) mass is 819 g/mol. The molecule has 2 aromatic heterocycles. The molecule has 0 radical (unpaired) electrons. The maximum Gasteiger partial charge on any atom is 0.258 e. The second-order valence-electron chi connectivity index (χ2n) is 18.2. The highest BCUT2D eigenvalue weighted by Gasteiger charge is 2.42. The number of aromatic amines is 1. The molecule has 4 aromatic rings. The average molecular weight is 820 g/mol. The van der Waals surface area contributed by atoms with Gasteiger partial charge < -0.3 is 24.4 Å². The SMILES string of the molecule is COc1cc(N2CCN(CCCC3CCN(c4ncc([C@@H]5c6[nH]c7ccccc7c6C[C@@H](C)N5CC(C)(C)F)cn4)CC3)CC2)cc2c1C(=O)N(C1CCC(=O)NC1=O)C2. The molecule has 3 saturated heterocycles. The summed E-state index contributed by atoms with van der Waals surface area (Å²) in [5, 5.41) is 3.62. The van der Waals surface area contributed by atoms with E-state index in [0.29, 0.717) is 36.7 Å². The number of anilines is 2. The molecule has 1 unspecified atom stereocenters. The van der Waals surface area contributed by atoms with Crippen molar-refractivity contribution in [1.82, 2.24) is 35.0 Å². The predicted octanol–water partition coefficient (Wildman–Crippen LogP) is 5.63. The molecule has 5 aliphatic rings. The molecule has 9 rings (SSSR count). The van der Waals surface area contributed by atoms with E-state index in [1.165, 1.54) is 23.8 Å². The summed E-state index contributed by atoms with van der Waals surface area (Å²) in [7, 11) is 1.58. The van der Waals surface area contributed by atoms with Crippen molar-refractivity contribution in [2.45, 2.75) is 96.1 Å². The lowest BCUT2D eigenvalue weighted by Gasteiger charge is -2.42. The largest absolute Gasteiger partial charge is 0.496 e. The van der Waals surface area contributed by atoms with Crippen molar-refractivity contribution in [3.8, 4) is 5.75 Å². The number of amides is 3. The van der Waals surface area contributed by atoms with Gasteiger partial charge >= 0.3 is 0 Å². The van der Waals surface area contributed by atoms with E-state index in [9.17, 15) is 14.4 Å². The number of H-pyrrole nitrogens is 1. The number of carbonyl (C=O) groups is 3. The molecule has 14 heteroatoms. The van der Waals surface area contributed by atoms with Crippen LogP contribution in [0.3, 0.4) is 0 Å². The number of para-hydroxylation sites is 1. The van der Waals surface area contributed by atoms with Crippen LogP contribution in [0.15, 0.2) is 48.8 Å². The number of carbonyl (C=O) groups excluding carboxylic acids is 3. The summed E-state index contributed by atoms with van der Waals surface area (Å²) < 4.78 is 20.9. The van der Waals surface area contributed by atoms with Crippen LogP contribution in [0.5, 0.6) is 5.75 Å². The summed E-state index contributed by atoms with van der Waals surface area (Å²) in [4.78, 5) is 62.3. The molecule has 2 N–H and O–H groups in total. The van der Waals surface area contributed by atoms with Crippen LogP contribution < -0.4 is 19.9 Å². The molecule has 13 nitrogen and oxygen atoms in total. The minimum Gasteiger partial charge on any atom is -0.496 e. The Morgan fingerprint density at radius 2 is 1.70 bits per heavy atom. The van der Waals surface area contributed by atoms with Crippen molar-refractivity contribution in [3.63, 3.8) is 0 Å². The van der Waals surface area contributed by atoms with E-state index >= 15 is 4.39 Å². The summed E-state index contributed by atoms with van der Waals surface area (Å²) in [6.45, 7) is 12.8. The van der Waals surface area contributed by atoms with E-state index in [4.69, 9.17) is 14.7 Å². The molecular formula is C46H58FN9O4. The first-order valence-electron chi connectivity index (χ1n) is 21.9. The van der Waals surface area contributed by atoms with E-state index in [1.807, 2.05) is 18.5 Å². The zero-order valence-corrected chi connectivity index (χ0v) is 35.4. The Balaban J connectivity index is 0.757. The molecule has 60 heavy (non-hydrogen) atoms. The molecule has 7 heterocycles. The number of piperidine rings is 2. The van der Waals surface area contributed by atoms with Gasteiger partial charge in [-0.3, -0.25) is 29.5 Å². The number of fused-ring (bicyclic) bond motifs is 4. The Morgan fingerprint density at radius 3 is 2.42 bits per heavy atom. The van der Waals surface area contributed by atoms with Gasteiger partial charge in [0.15, 0.2) is 0 Å². The highest BCUT2D eigenvalue weighted by Crippen LogP contribution is 2.42. The van der Waals surface area contributed by atoms with Crippen molar-refractivity contribution >= 4 is 40.3 Å². The number of hydrogen-bond donors (Lipinski definition) is 2. The van der Waals surface area contributed by atoms with Crippen molar-refractivity contribution in [1.29, 1.82) is 0 Å². The zero-order valence-electron chi connectivity index (χ0n) is 35.4. The van der Waals surface area contributed by atoms with Crippen LogP contribution >= 0.6 is 0 Å². The highest BCUT2D eigenvalue weighted by atomic mass is 19.1. The second kappa shape index (κ2) is 16.4. The van der Waals surface area contributed by atoms with Crippen LogP contribution in [-0.4, -0.2) is 125 Å². The number of hydrogen-bond acceptors (Lipinski definition) is 10. The smallest absolute Gasteiger partial charge is 0.258 e. The number of aromatic nitrogens is 3. The normalized spacial score (nSPS) is 23.3. The number of benzene rings is 2. The van der Waals surface area contributed by atoms with Crippen LogP contribution in [0.25, 0.3) is 10.9 Å². The van der Waals surface area contributed by atoms with Gasteiger partial charge in [0.2, 0.25) is 17.8 Å². The summed E-state index contributed by atoms with van der Waals surface area (Å²) in [6, 6.07) is 11.8. The Hall–Kier alpha value is -5.08. The molecule has 3 amide bonds. The maximum atomic E-state index is 15.2. The molecule has 2 aromatic carbocycles. The highest BCUT2D eigenvalue weighted by molar-refractivity contribution is 6.06. The Kier molecular flexibility index (Phi) is 11.0. The maximum absolute atomic E-state index is 15.2. The van der Waals surface area contributed by atoms with Gasteiger partial charge in [-0.2, -0.15) is 0 Å². The van der Waals surface area contributed by atoms with Crippen LogP contribution in [-0.2, 0) is 22.6 Å². The standard InChI is InChI=1S/C46H58FN9O4/c1-29-22-35-34-9-5-6-10-36(34)50-41(35)42(56(29)28-46(2,3)47)32-25-48-45(49-26-32)54-16-13-30(14-17-54)8-7-15-52-18-20-53(21-19-52)33-23-31-27-55(37-11-12-39(57)51-43(37)58)44(59)40(31)38(24-33)60-4/h5-6,9-10,23-26,29-30,37,42,50H,7-8,11-22,27-28H2,1-4H3,(H,51,57,58)/t29-,37?,42-/m1/s1. The van der Waals surface area contributed by atoms with Crippen LogP contribution in [0.4, 0.5) is 16.0 Å². The minimum absolute atomic E-state index is 0.150. The first kappa shape index (κ1) is 40.3. The molecule has 3 atom stereocenters. The predicted molar refractivity (Wildman–Crippen MR) is 229 cm³/mol. The molecule has 3 fully saturated rings. The molecule has 0 saturated carbocycles. The van der Waals surface area contributed by atoms with Gasteiger partial charge in [-0.1, -0.05) is 18.2 Å². The van der Waals surface area contributed by atoms with E-state index < -0.39 is 17.6 Å². The fraction of sp³-hybridized carbons (Fsp3) is 0.543. The summed E-state index contributed by atoms with van der Waals surface area (Å²) in [6.07, 6.45) is 9.98. The molecule has 318 valence electrons. The van der Waals surface area contributed by atoms with Crippen molar-refractivity contribution < 1.29 is 23.5 Å². The fourth-order valence-electron chi connectivity index (χ4n) is 10.4. The van der Waals surface area contributed by atoms with Gasteiger partial charge in [-0.05, 0) is 95.0 Å². The Labute approximate surface area is 351 Å². The molecular weight excluding hydrogens is 762 g/mol. The minimum atomic E-state index is -1.34. The zero-order chi connectivity index (χ0) is 41.7. The number of alkyl halides is 1. The first-order chi connectivity index (χ1) is 28.9. The number of ether oxygens (including phenoxy) is 1. The number of piperazine rings is 1. The average Bonchev–Trinajstić information content (AvgIpc) is 3.77. The van der Waals surface area contributed by atoms with Crippen molar-refractivity contribution in [2.75, 3.05) is 69.3 Å². The number of halogens is 1. The third-order valence-electron chi connectivity index (χ3n) is 13.6. The summed E-state index contributed by atoms with van der Waals surface area (Å²) in [5.74, 6) is 1.07. The van der Waals surface area contributed by atoms with Gasteiger partial charge in [-0.25, -0.2) is 14.4 Å². The van der Waals surface area contributed by atoms with E-state index in [-0.39, 0.29) is 30.3 Å². The van der Waals surface area contributed by atoms with Gasteiger partial charge in [0, 0.05) is 111 Å². The van der Waals surface area contributed by atoms with E-state index in [2.05, 4.69) is 67.2 Å². The lowest BCUT2D eigenvalue weighted by molar-refractivity contribution is -0.136. The van der Waals surface area contributed by atoms with Gasteiger partial charge in [0.1, 0.15) is 17.5 Å². The number of nitrogens with one attached hydrogen (secondary N) is 2. The van der Waals surface area contributed by atoms with Gasteiger partial charge in [0.05, 0.1) is 18.7 Å². The van der Waals surface area contributed by atoms with Crippen LogP contribution in [0.1, 0.15) is 98.1 Å². The van der Waals surface area contributed by atoms with E-state index in [1.54, 1.807) is 25.9 Å². The first-order valence-corrected chi connectivity index (χ1v) is 21.9. The van der Waals surface area contributed by atoms with Crippen LogP contribution in [0.2, 0.25) is 0 Å². The fourth-order valence-corrected chi connectivity index (χ4v) is 10.4. The summed E-state index contributed by atoms with van der Waals surface area (Å²) in [5.41, 5.74) is 5.60. The number of methoxy groups -OCH3 is 1. The third kappa shape index (κ3) is 7.95.